The molecule has 2 heterocycles. The summed E-state index contributed by atoms with van der Waals surface area (Å²) in [7, 11) is 0. The summed E-state index contributed by atoms with van der Waals surface area (Å²) in [6.07, 6.45) is 0. The molecule has 3 heteroatoms. The maximum atomic E-state index is 2.44. The Kier molecular flexibility index (Phi) is 8.75. The van der Waals surface area contributed by atoms with Crippen LogP contribution in [0.5, 0.6) is 0 Å². The topological polar surface area (TPSA) is 8.17 Å². The number of anilines is 3. The number of nitrogens with zero attached hydrogens (tertiary/aromatic N) is 2. The zero-order valence-corrected chi connectivity index (χ0v) is 36.2. The lowest BCUT2D eigenvalue weighted by atomic mass is 10.00. The second-order valence-corrected chi connectivity index (χ2v) is 18.0. The number of rotatable bonds is 7. The number of para-hydroxylation sites is 1. The Balaban J connectivity index is 0.895. The van der Waals surface area contributed by atoms with Crippen LogP contribution in [0, 0.1) is 0 Å². The lowest BCUT2D eigenvalue weighted by Crippen LogP contribution is -2.09. The van der Waals surface area contributed by atoms with Gasteiger partial charge < -0.3 is 9.47 Å². The second kappa shape index (κ2) is 15.2. The summed E-state index contributed by atoms with van der Waals surface area (Å²) in [5.74, 6) is 0. The van der Waals surface area contributed by atoms with Crippen LogP contribution in [0.4, 0.5) is 17.1 Å². The van der Waals surface area contributed by atoms with Crippen LogP contribution in [-0.4, -0.2) is 4.57 Å². The first kappa shape index (κ1) is 37.3. The fraction of sp³-hybridized carbons (Fsp3) is 0. The molecule has 0 atom stereocenters. The summed E-state index contributed by atoms with van der Waals surface area (Å²) in [6, 6.07) is 89.0. The molecule has 0 saturated carbocycles. The number of hydrogen-bond donors (Lipinski definition) is 0. The van der Waals surface area contributed by atoms with Gasteiger partial charge in [0.15, 0.2) is 0 Å². The van der Waals surface area contributed by atoms with Gasteiger partial charge in [0.2, 0.25) is 0 Å². The van der Waals surface area contributed by atoms with Gasteiger partial charge in [-0.15, -0.1) is 11.3 Å². The Hall–Kier alpha value is -8.24. The first-order chi connectivity index (χ1) is 32.2. The molecule has 13 rings (SSSR count). The molecule has 65 heavy (non-hydrogen) atoms. The normalized spacial score (nSPS) is 11.7. The predicted octanol–water partition coefficient (Wildman–Crippen LogP) is 17.9. The van der Waals surface area contributed by atoms with Crippen LogP contribution in [0.3, 0.4) is 0 Å². The van der Waals surface area contributed by atoms with Crippen molar-refractivity contribution in [2.45, 2.75) is 0 Å². The van der Waals surface area contributed by atoms with Crippen molar-refractivity contribution in [3.05, 3.63) is 243 Å². The van der Waals surface area contributed by atoms with Gasteiger partial charge in [-0.2, -0.15) is 0 Å². The molecule has 0 bridgehead atoms. The highest BCUT2D eigenvalue weighted by Gasteiger charge is 2.18. The molecule has 0 N–H and O–H groups in total. The van der Waals surface area contributed by atoms with Gasteiger partial charge in [-0.3, -0.25) is 0 Å². The second-order valence-electron chi connectivity index (χ2n) is 16.9. The van der Waals surface area contributed by atoms with Crippen molar-refractivity contribution in [2.24, 2.45) is 0 Å². The van der Waals surface area contributed by atoms with Crippen LogP contribution in [0.15, 0.2) is 243 Å². The summed E-state index contributed by atoms with van der Waals surface area (Å²) >= 11 is 1.86. The monoisotopic (exact) mass is 844 g/mol. The molecule has 11 aromatic carbocycles. The minimum Gasteiger partial charge on any atom is -0.311 e. The van der Waals surface area contributed by atoms with Gasteiger partial charge in [0.25, 0.3) is 0 Å². The van der Waals surface area contributed by atoms with Gasteiger partial charge in [-0.25, -0.2) is 0 Å². The van der Waals surface area contributed by atoms with E-state index in [2.05, 4.69) is 252 Å². The Morgan fingerprint density at radius 3 is 1.46 bits per heavy atom. The highest BCUT2D eigenvalue weighted by Crippen LogP contribution is 2.42. The van der Waals surface area contributed by atoms with Gasteiger partial charge in [0, 0.05) is 59.1 Å². The quantitative estimate of drug-likeness (QED) is 0.155. The highest BCUT2D eigenvalue weighted by molar-refractivity contribution is 7.25. The lowest BCUT2D eigenvalue weighted by molar-refractivity contribution is 1.19. The van der Waals surface area contributed by atoms with E-state index >= 15 is 0 Å². The Bertz CT molecular complexity index is 3920. The molecule has 0 aliphatic carbocycles. The molecule has 0 aliphatic rings. The van der Waals surface area contributed by atoms with E-state index in [0.717, 1.165) is 22.7 Å². The summed E-state index contributed by atoms with van der Waals surface area (Å²) in [4.78, 5) is 2.37. The zero-order valence-electron chi connectivity index (χ0n) is 35.4. The van der Waals surface area contributed by atoms with E-state index < -0.39 is 0 Å². The largest absolute Gasteiger partial charge is 0.311 e. The molecule has 304 valence electrons. The summed E-state index contributed by atoms with van der Waals surface area (Å²) in [5.41, 5.74) is 14.1. The fourth-order valence-corrected chi connectivity index (χ4v) is 11.1. The number of hydrogen-bond acceptors (Lipinski definition) is 2. The minimum atomic E-state index is 1.09. The third-order valence-electron chi connectivity index (χ3n) is 13.2. The van der Waals surface area contributed by atoms with Crippen LogP contribution >= 0.6 is 11.3 Å². The van der Waals surface area contributed by atoms with Crippen molar-refractivity contribution in [1.29, 1.82) is 0 Å². The Labute approximate surface area is 381 Å². The molecule has 0 unspecified atom stereocenters. The van der Waals surface area contributed by atoms with Gasteiger partial charge >= 0.3 is 0 Å². The van der Waals surface area contributed by atoms with E-state index in [9.17, 15) is 0 Å². The van der Waals surface area contributed by atoms with E-state index in [1.54, 1.807) is 0 Å². The molecule has 0 aliphatic heterocycles. The van der Waals surface area contributed by atoms with E-state index in [0.29, 0.717) is 0 Å². The molecular formula is C62H40N2S. The van der Waals surface area contributed by atoms with Gasteiger partial charge in [-0.1, -0.05) is 170 Å². The van der Waals surface area contributed by atoms with Crippen LogP contribution in [0.2, 0.25) is 0 Å². The van der Waals surface area contributed by atoms with Crippen molar-refractivity contribution in [3.8, 4) is 39.1 Å². The first-order valence-electron chi connectivity index (χ1n) is 22.2. The Morgan fingerprint density at radius 2 is 0.769 bits per heavy atom. The van der Waals surface area contributed by atoms with E-state index in [-0.39, 0.29) is 0 Å². The maximum absolute atomic E-state index is 2.44. The van der Waals surface area contributed by atoms with Crippen LogP contribution in [-0.2, 0) is 0 Å². The van der Waals surface area contributed by atoms with Gasteiger partial charge in [0.1, 0.15) is 0 Å². The maximum Gasteiger partial charge on any atom is 0.0619 e. The first-order valence-corrected chi connectivity index (χ1v) is 23.0. The average Bonchev–Trinajstić information content (AvgIpc) is 3.92. The molecule has 0 amide bonds. The van der Waals surface area contributed by atoms with E-state index in [4.69, 9.17) is 0 Å². The zero-order chi connectivity index (χ0) is 42.8. The summed E-state index contributed by atoms with van der Waals surface area (Å²) < 4.78 is 5.08. The molecule has 0 saturated heterocycles. The van der Waals surface area contributed by atoms with Crippen molar-refractivity contribution in [3.63, 3.8) is 0 Å². The molecular weight excluding hydrogens is 805 g/mol. The van der Waals surface area contributed by atoms with Gasteiger partial charge in [-0.05, 0) is 122 Å². The molecule has 2 nitrogen and oxygen atoms in total. The van der Waals surface area contributed by atoms with Crippen molar-refractivity contribution in [2.75, 3.05) is 4.90 Å². The average molecular weight is 845 g/mol. The highest BCUT2D eigenvalue weighted by atomic mass is 32.1. The lowest BCUT2D eigenvalue weighted by Gasteiger charge is -2.26. The molecule has 0 radical (unpaired) electrons. The fourth-order valence-electron chi connectivity index (χ4n) is 9.93. The van der Waals surface area contributed by atoms with Crippen LogP contribution in [0.25, 0.3) is 103 Å². The molecule has 0 spiro atoms. The molecule has 2 aromatic heterocycles. The third kappa shape index (κ3) is 6.39. The Morgan fingerprint density at radius 1 is 0.292 bits per heavy atom. The van der Waals surface area contributed by atoms with Crippen molar-refractivity contribution >= 4 is 91.9 Å². The standard InChI is InChI=1S/C62H40N2S/c1-2-13-50(14-3-1)64-59-39-48(27-35-55(59)58-37-26-45-11-6-7-15-54(45)62(58)64)43-22-31-52(32-23-43)63(51-29-20-42(21-30-51)47-19-18-41-10-4-5-12-46(41)38-47)53-33-24-44(25-34-53)49-28-36-57-56-16-8-9-17-60(56)65-61(57)40-49/h1-40H. The third-order valence-corrected chi connectivity index (χ3v) is 14.3. The van der Waals surface area contributed by atoms with Gasteiger partial charge in [0.05, 0.1) is 11.0 Å². The van der Waals surface area contributed by atoms with E-state index in [1.807, 2.05) is 11.3 Å². The SMILES string of the molecule is c1ccc(-n2c3cc(-c4ccc(N(c5ccc(-c6ccc7ccccc7c6)cc5)c5ccc(-c6ccc7c(c6)sc6ccccc67)cc5)cc4)ccc3c3ccc4ccccc4c32)cc1. The van der Waals surface area contributed by atoms with Crippen LogP contribution < -0.4 is 4.90 Å². The predicted molar refractivity (Wildman–Crippen MR) is 280 cm³/mol. The number of benzene rings is 11. The van der Waals surface area contributed by atoms with Crippen LogP contribution in [0.1, 0.15) is 0 Å². The van der Waals surface area contributed by atoms with E-state index in [1.165, 1.54) is 96.9 Å². The van der Waals surface area contributed by atoms with Crippen molar-refractivity contribution in [1.82, 2.24) is 4.57 Å². The summed E-state index contributed by atoms with van der Waals surface area (Å²) in [6.45, 7) is 0. The van der Waals surface area contributed by atoms with Crippen molar-refractivity contribution < 1.29 is 0 Å². The minimum absolute atomic E-state index is 1.09. The number of thiophene rings is 1. The summed E-state index contributed by atoms with van der Waals surface area (Å²) in [5, 5.41) is 10.2. The number of fused-ring (bicyclic) bond motifs is 9. The molecule has 13 aromatic rings. The molecule has 0 fully saturated rings. The smallest absolute Gasteiger partial charge is 0.0619 e. The number of aromatic nitrogens is 1.